The predicted molar refractivity (Wildman–Crippen MR) is 87.2 cm³/mol. The molecule has 102 valence electrons. The normalized spacial score (nSPS) is 23.6. The summed E-state index contributed by atoms with van der Waals surface area (Å²) in [6.45, 7) is 2.12. The second-order valence-corrected chi connectivity index (χ2v) is 10.5. The molecule has 2 rings (SSSR count). The molecule has 1 aliphatic carbocycles. The zero-order chi connectivity index (χ0) is 13.9. The van der Waals surface area contributed by atoms with E-state index in [0.717, 1.165) is 5.57 Å². The molecule has 1 aromatic carbocycles. The van der Waals surface area contributed by atoms with E-state index in [1.165, 1.54) is 5.56 Å². The van der Waals surface area contributed by atoms with Gasteiger partial charge in [-0.2, -0.15) is 0 Å². The molecule has 1 nitrogen and oxygen atoms in total. The molecular formula is C15H17Cl2OP. The van der Waals surface area contributed by atoms with Gasteiger partial charge in [0.1, 0.15) is 0 Å². The summed E-state index contributed by atoms with van der Waals surface area (Å²) < 4.78 is 0. The van der Waals surface area contributed by atoms with Crippen molar-refractivity contribution in [2.75, 3.05) is 0 Å². The molecule has 2 atom stereocenters. The first-order valence-electron chi connectivity index (χ1n) is 6.20. The second kappa shape index (κ2) is 6.24. The zero-order valence-electron chi connectivity index (χ0n) is 10.6. The van der Waals surface area contributed by atoms with Crippen molar-refractivity contribution in [2.45, 2.75) is 18.5 Å². The summed E-state index contributed by atoms with van der Waals surface area (Å²) >= 11 is 11.9. The molecule has 19 heavy (non-hydrogen) atoms. The first-order chi connectivity index (χ1) is 8.98. The fourth-order valence-electron chi connectivity index (χ4n) is 2.17. The van der Waals surface area contributed by atoms with Crippen molar-refractivity contribution in [2.24, 2.45) is 0 Å². The molecule has 0 bridgehead atoms. The van der Waals surface area contributed by atoms with Crippen LogP contribution in [0.15, 0.2) is 66.3 Å². The first kappa shape index (κ1) is 14.8. The fourth-order valence-corrected chi connectivity index (χ4v) is 4.30. The van der Waals surface area contributed by atoms with E-state index in [1.54, 1.807) is 0 Å². The van der Waals surface area contributed by atoms with Crippen LogP contribution in [-0.4, -0.2) is 10.6 Å². The summed E-state index contributed by atoms with van der Waals surface area (Å²) in [5.41, 5.74) is 1.94. The van der Waals surface area contributed by atoms with Crippen LogP contribution in [0.1, 0.15) is 18.4 Å². The van der Waals surface area contributed by atoms with Gasteiger partial charge in [-0.05, 0) is 0 Å². The molecule has 0 heterocycles. The number of hydrogen-bond donors (Lipinski definition) is 1. The molecule has 0 saturated heterocycles. The van der Waals surface area contributed by atoms with Crippen molar-refractivity contribution in [1.82, 2.24) is 0 Å². The van der Waals surface area contributed by atoms with Gasteiger partial charge in [-0.15, -0.1) is 0 Å². The third-order valence-corrected chi connectivity index (χ3v) is 5.89. The Morgan fingerprint density at radius 1 is 1.21 bits per heavy atom. The molecule has 0 aromatic heterocycles. The van der Waals surface area contributed by atoms with Crippen molar-refractivity contribution >= 4 is 28.7 Å². The summed E-state index contributed by atoms with van der Waals surface area (Å²) in [5, 5.41) is 0. The fraction of sp³-hybridized carbons (Fsp3) is 0.200. The molecule has 0 radical (unpaired) electrons. The molecule has 0 saturated carbocycles. The van der Waals surface area contributed by atoms with Gasteiger partial charge >= 0.3 is 124 Å². The van der Waals surface area contributed by atoms with Gasteiger partial charge in [0.15, 0.2) is 0 Å². The standard InChI is InChI=1S/C15H17Cl2OP/c1-12(13-7-3-2-4-8-13)11-14-9-5-6-10-15(14)19(16,17)18/h2-12,15,18-19H,1H3. The Hall–Kier alpha value is -0.590. The van der Waals surface area contributed by atoms with Crippen molar-refractivity contribution in [3.63, 3.8) is 0 Å². The molecule has 0 amide bonds. The Kier molecular flexibility index (Phi) is 4.86. The van der Waals surface area contributed by atoms with Crippen molar-refractivity contribution in [1.29, 1.82) is 0 Å². The van der Waals surface area contributed by atoms with Gasteiger partial charge in [0, 0.05) is 0 Å². The van der Waals surface area contributed by atoms with Crippen molar-refractivity contribution in [3.05, 3.63) is 71.8 Å². The average molecular weight is 315 g/mol. The van der Waals surface area contributed by atoms with E-state index in [2.05, 4.69) is 25.1 Å². The first-order valence-corrected chi connectivity index (χ1v) is 10.2. The molecule has 0 aliphatic heterocycles. The molecule has 4 heteroatoms. The number of rotatable bonds is 3. The maximum atomic E-state index is 9.94. The minimum atomic E-state index is -3.25. The van der Waals surface area contributed by atoms with Crippen LogP contribution in [0.3, 0.4) is 0 Å². The molecule has 1 N–H and O–H groups in total. The van der Waals surface area contributed by atoms with Gasteiger partial charge in [-0.3, -0.25) is 0 Å². The zero-order valence-corrected chi connectivity index (χ0v) is 13.1. The SMILES string of the molecule is CC(C=C1C=CC=CC1[PH](O)(Cl)Cl)c1ccccc1. The van der Waals surface area contributed by atoms with Gasteiger partial charge in [0.2, 0.25) is 0 Å². The van der Waals surface area contributed by atoms with Crippen LogP contribution < -0.4 is 0 Å². The Morgan fingerprint density at radius 2 is 1.89 bits per heavy atom. The van der Waals surface area contributed by atoms with E-state index in [1.807, 2.05) is 42.5 Å². The van der Waals surface area contributed by atoms with Crippen molar-refractivity contribution < 1.29 is 4.89 Å². The number of allylic oxidation sites excluding steroid dienone is 6. The quantitative estimate of drug-likeness (QED) is 0.762. The molecule has 1 aliphatic rings. The summed E-state index contributed by atoms with van der Waals surface area (Å²) in [5.74, 6) is 0.250. The van der Waals surface area contributed by atoms with Crippen LogP contribution in [-0.2, 0) is 0 Å². The Labute approximate surface area is 124 Å². The molecule has 2 unspecified atom stereocenters. The third kappa shape index (κ3) is 3.94. The second-order valence-electron chi connectivity index (χ2n) is 4.68. The summed E-state index contributed by atoms with van der Waals surface area (Å²) in [7, 11) is 0. The van der Waals surface area contributed by atoms with Gasteiger partial charge < -0.3 is 0 Å². The molecular weight excluding hydrogens is 298 g/mol. The summed E-state index contributed by atoms with van der Waals surface area (Å²) in [6.07, 6.45) is 6.51. The van der Waals surface area contributed by atoms with Gasteiger partial charge in [0.25, 0.3) is 0 Å². The van der Waals surface area contributed by atoms with E-state index in [-0.39, 0.29) is 11.6 Å². The van der Waals surface area contributed by atoms with Crippen LogP contribution in [0, 0.1) is 0 Å². The van der Waals surface area contributed by atoms with Crippen LogP contribution in [0.5, 0.6) is 0 Å². The molecule has 0 fully saturated rings. The third-order valence-electron chi connectivity index (χ3n) is 3.20. The van der Waals surface area contributed by atoms with E-state index < -0.39 is 6.19 Å². The topological polar surface area (TPSA) is 20.2 Å². The van der Waals surface area contributed by atoms with E-state index in [0.29, 0.717) is 0 Å². The van der Waals surface area contributed by atoms with E-state index >= 15 is 0 Å². The van der Waals surface area contributed by atoms with Gasteiger partial charge in [0.05, 0.1) is 0 Å². The molecule has 1 aromatic rings. The molecule has 0 spiro atoms. The van der Waals surface area contributed by atoms with Gasteiger partial charge in [-0.25, -0.2) is 0 Å². The predicted octanol–water partition coefficient (Wildman–Crippen LogP) is 5.18. The summed E-state index contributed by atoms with van der Waals surface area (Å²) in [4.78, 5) is 9.94. The monoisotopic (exact) mass is 314 g/mol. The van der Waals surface area contributed by atoms with Crippen LogP contribution >= 0.6 is 28.7 Å². The van der Waals surface area contributed by atoms with Crippen LogP contribution in [0.4, 0.5) is 0 Å². The van der Waals surface area contributed by atoms with Crippen LogP contribution in [0.25, 0.3) is 0 Å². The van der Waals surface area contributed by atoms with Gasteiger partial charge in [-0.1, -0.05) is 0 Å². The van der Waals surface area contributed by atoms with E-state index in [4.69, 9.17) is 22.5 Å². The number of hydrogen-bond acceptors (Lipinski definition) is 1. The maximum absolute atomic E-state index is 9.94. The Balaban J connectivity index is 2.26. The number of halogens is 2. The Bertz CT molecular complexity index is 515. The minimum absolute atomic E-state index is 0.250. The summed E-state index contributed by atoms with van der Waals surface area (Å²) in [6, 6.07) is 10.2. The number of benzene rings is 1. The van der Waals surface area contributed by atoms with Crippen molar-refractivity contribution in [3.8, 4) is 0 Å². The van der Waals surface area contributed by atoms with E-state index in [9.17, 15) is 4.89 Å². The van der Waals surface area contributed by atoms with Crippen LogP contribution in [0.2, 0.25) is 0 Å². The average Bonchev–Trinajstić information content (AvgIpc) is 2.39. The Morgan fingerprint density at radius 3 is 2.53 bits per heavy atom.